The number of esters is 1. The van der Waals surface area contributed by atoms with Gasteiger partial charge in [0.05, 0.1) is 6.10 Å². The van der Waals surface area contributed by atoms with E-state index in [9.17, 15) is 4.79 Å². The van der Waals surface area contributed by atoms with E-state index in [1.54, 1.807) is 13.8 Å². The highest BCUT2D eigenvalue weighted by Gasteiger charge is 2.07. The number of hydrogen-bond donors (Lipinski definition) is 1. The summed E-state index contributed by atoms with van der Waals surface area (Å²) in [5.74, 6) is -0.298. The predicted molar refractivity (Wildman–Crippen MR) is 37.5 cm³/mol. The monoisotopic (exact) mass is 146 g/mol. The van der Waals surface area contributed by atoms with Gasteiger partial charge in [0.25, 0.3) is 0 Å². The molecule has 0 saturated heterocycles. The summed E-state index contributed by atoms with van der Waals surface area (Å²) in [5.41, 5.74) is 0. The Morgan fingerprint density at radius 2 is 2.10 bits per heavy atom. The van der Waals surface area contributed by atoms with E-state index in [2.05, 4.69) is 0 Å². The van der Waals surface area contributed by atoms with Crippen LogP contribution in [-0.2, 0) is 9.53 Å². The molecule has 10 heavy (non-hydrogen) atoms. The zero-order chi connectivity index (χ0) is 8.15. The summed E-state index contributed by atoms with van der Waals surface area (Å²) in [4.78, 5) is 10.3. The lowest BCUT2D eigenvalue weighted by Gasteiger charge is -2.12. The quantitative estimate of drug-likeness (QED) is 0.596. The third kappa shape index (κ3) is 5.56. The van der Waals surface area contributed by atoms with Crippen LogP contribution in [-0.4, -0.2) is 23.3 Å². The number of aliphatic hydroxyl groups excluding tert-OH is 1. The zero-order valence-electron chi connectivity index (χ0n) is 6.63. The SMILES string of the molecule is CC(=O)O[C@H](C)C[C@@H](C)O. The van der Waals surface area contributed by atoms with Crippen LogP contribution >= 0.6 is 0 Å². The van der Waals surface area contributed by atoms with E-state index in [4.69, 9.17) is 9.84 Å². The summed E-state index contributed by atoms with van der Waals surface area (Å²) in [6, 6.07) is 0. The molecule has 0 aromatic heterocycles. The minimum absolute atomic E-state index is 0.183. The molecule has 0 saturated carbocycles. The molecule has 0 fully saturated rings. The molecule has 3 nitrogen and oxygen atoms in total. The molecule has 0 heterocycles. The van der Waals surface area contributed by atoms with Crippen molar-refractivity contribution in [3.8, 4) is 0 Å². The van der Waals surface area contributed by atoms with Crippen molar-refractivity contribution in [1.82, 2.24) is 0 Å². The Bertz CT molecular complexity index is 109. The number of aliphatic hydroxyl groups is 1. The maximum absolute atomic E-state index is 10.3. The highest BCUT2D eigenvalue weighted by Crippen LogP contribution is 2.01. The Morgan fingerprint density at radius 3 is 2.40 bits per heavy atom. The molecule has 0 aliphatic carbocycles. The first-order valence-electron chi connectivity index (χ1n) is 3.37. The van der Waals surface area contributed by atoms with Crippen molar-refractivity contribution in [2.24, 2.45) is 0 Å². The van der Waals surface area contributed by atoms with Crippen LogP contribution in [0.5, 0.6) is 0 Å². The maximum Gasteiger partial charge on any atom is 0.302 e. The van der Waals surface area contributed by atoms with Gasteiger partial charge in [0.1, 0.15) is 6.10 Å². The molecule has 0 aliphatic rings. The lowest BCUT2D eigenvalue weighted by atomic mass is 10.2. The molecule has 0 radical (unpaired) electrons. The molecule has 0 aromatic carbocycles. The largest absolute Gasteiger partial charge is 0.463 e. The van der Waals surface area contributed by atoms with Crippen LogP contribution in [0.4, 0.5) is 0 Å². The molecule has 0 spiro atoms. The predicted octanol–water partition coefficient (Wildman–Crippen LogP) is 0.709. The molecule has 0 bridgehead atoms. The number of carbonyl (C=O) groups is 1. The second-order valence-corrected chi connectivity index (χ2v) is 2.50. The highest BCUT2D eigenvalue weighted by molar-refractivity contribution is 5.66. The van der Waals surface area contributed by atoms with E-state index in [-0.39, 0.29) is 12.1 Å². The fraction of sp³-hybridized carbons (Fsp3) is 0.857. The van der Waals surface area contributed by atoms with Gasteiger partial charge < -0.3 is 9.84 Å². The summed E-state index contributed by atoms with van der Waals surface area (Å²) in [6.45, 7) is 4.78. The van der Waals surface area contributed by atoms with E-state index in [0.29, 0.717) is 6.42 Å². The van der Waals surface area contributed by atoms with Crippen molar-refractivity contribution in [1.29, 1.82) is 0 Å². The molecule has 0 aliphatic heterocycles. The topological polar surface area (TPSA) is 46.5 Å². The Morgan fingerprint density at radius 1 is 1.60 bits per heavy atom. The van der Waals surface area contributed by atoms with Gasteiger partial charge in [0.15, 0.2) is 0 Å². The Kier molecular flexibility index (Phi) is 4.03. The summed E-state index contributed by atoms with van der Waals surface area (Å²) < 4.78 is 4.76. The number of ether oxygens (including phenoxy) is 1. The van der Waals surface area contributed by atoms with Crippen LogP contribution in [0, 0.1) is 0 Å². The van der Waals surface area contributed by atoms with Crippen LogP contribution in [0.25, 0.3) is 0 Å². The average Bonchev–Trinajstić information content (AvgIpc) is 1.58. The molecule has 2 atom stereocenters. The molecule has 0 unspecified atom stereocenters. The first-order chi connectivity index (χ1) is 4.52. The Hall–Kier alpha value is -0.570. The number of carbonyl (C=O) groups excluding carboxylic acids is 1. The first kappa shape index (κ1) is 9.43. The van der Waals surface area contributed by atoms with Crippen molar-refractivity contribution in [3.05, 3.63) is 0 Å². The summed E-state index contributed by atoms with van der Waals surface area (Å²) >= 11 is 0. The van der Waals surface area contributed by atoms with Crippen molar-refractivity contribution >= 4 is 5.97 Å². The minimum atomic E-state index is -0.408. The van der Waals surface area contributed by atoms with Crippen LogP contribution < -0.4 is 0 Å². The number of rotatable bonds is 3. The van der Waals surface area contributed by atoms with E-state index < -0.39 is 6.10 Å². The van der Waals surface area contributed by atoms with Crippen molar-refractivity contribution in [3.63, 3.8) is 0 Å². The molecular formula is C7H14O3. The maximum atomic E-state index is 10.3. The molecule has 0 aromatic rings. The molecule has 1 N–H and O–H groups in total. The van der Waals surface area contributed by atoms with Gasteiger partial charge in [-0.25, -0.2) is 0 Å². The summed E-state index contributed by atoms with van der Waals surface area (Å²) in [6.07, 6.45) is -0.0913. The fourth-order valence-corrected chi connectivity index (χ4v) is 0.812. The van der Waals surface area contributed by atoms with E-state index in [1.807, 2.05) is 0 Å². The molecule has 60 valence electrons. The van der Waals surface area contributed by atoms with Gasteiger partial charge in [-0.1, -0.05) is 0 Å². The first-order valence-corrected chi connectivity index (χ1v) is 3.37. The van der Waals surface area contributed by atoms with Crippen LogP contribution in [0.1, 0.15) is 27.2 Å². The lowest BCUT2D eigenvalue weighted by molar-refractivity contribution is -0.146. The van der Waals surface area contributed by atoms with E-state index in [0.717, 1.165) is 0 Å². The summed E-state index contributed by atoms with van der Waals surface area (Å²) in [5, 5.41) is 8.84. The van der Waals surface area contributed by atoms with E-state index >= 15 is 0 Å². The second kappa shape index (κ2) is 4.28. The van der Waals surface area contributed by atoms with Crippen LogP contribution in [0.15, 0.2) is 0 Å². The Labute approximate surface area is 61.0 Å². The van der Waals surface area contributed by atoms with Gasteiger partial charge in [-0.05, 0) is 13.8 Å². The molecule has 3 heteroatoms. The van der Waals surface area contributed by atoms with Gasteiger partial charge in [0, 0.05) is 13.3 Å². The lowest BCUT2D eigenvalue weighted by Crippen LogP contribution is -2.17. The van der Waals surface area contributed by atoms with Gasteiger partial charge >= 0.3 is 5.97 Å². The third-order valence-corrected chi connectivity index (χ3v) is 1.04. The molecule has 0 rings (SSSR count). The van der Waals surface area contributed by atoms with Gasteiger partial charge in [-0.2, -0.15) is 0 Å². The van der Waals surface area contributed by atoms with Crippen molar-refractivity contribution < 1.29 is 14.6 Å². The minimum Gasteiger partial charge on any atom is -0.463 e. The van der Waals surface area contributed by atoms with Crippen LogP contribution in [0.2, 0.25) is 0 Å². The summed E-state index contributed by atoms with van der Waals surface area (Å²) in [7, 11) is 0. The zero-order valence-corrected chi connectivity index (χ0v) is 6.63. The standard InChI is InChI=1S/C7H14O3/c1-5(8)4-6(2)10-7(3)9/h5-6,8H,4H2,1-3H3/t5-,6-/m1/s1. The third-order valence-electron chi connectivity index (χ3n) is 1.04. The molecule has 0 amide bonds. The Balaban J connectivity index is 3.43. The second-order valence-electron chi connectivity index (χ2n) is 2.50. The fourth-order valence-electron chi connectivity index (χ4n) is 0.812. The van der Waals surface area contributed by atoms with Gasteiger partial charge in [-0.3, -0.25) is 4.79 Å². The highest BCUT2D eigenvalue weighted by atomic mass is 16.5. The smallest absolute Gasteiger partial charge is 0.302 e. The van der Waals surface area contributed by atoms with Crippen molar-refractivity contribution in [2.75, 3.05) is 0 Å². The normalized spacial score (nSPS) is 16.0. The van der Waals surface area contributed by atoms with Crippen molar-refractivity contribution in [2.45, 2.75) is 39.4 Å². The van der Waals surface area contributed by atoms with Gasteiger partial charge in [-0.15, -0.1) is 0 Å². The van der Waals surface area contributed by atoms with Crippen LogP contribution in [0.3, 0.4) is 0 Å². The average molecular weight is 146 g/mol. The molecular weight excluding hydrogens is 132 g/mol. The van der Waals surface area contributed by atoms with Gasteiger partial charge in [0.2, 0.25) is 0 Å². The van der Waals surface area contributed by atoms with E-state index in [1.165, 1.54) is 6.92 Å². The number of hydrogen-bond acceptors (Lipinski definition) is 3.